The van der Waals surface area contributed by atoms with Crippen molar-refractivity contribution in [1.82, 2.24) is 9.97 Å². The molecular formula is C28H30N6O6. The van der Waals surface area contributed by atoms with Crippen molar-refractivity contribution in [3.63, 3.8) is 0 Å². The van der Waals surface area contributed by atoms with Crippen LogP contribution in [0.15, 0.2) is 48.5 Å². The van der Waals surface area contributed by atoms with Crippen molar-refractivity contribution >= 4 is 34.4 Å². The average molecular weight is 547 g/mol. The molecule has 0 aliphatic heterocycles. The molecule has 40 heavy (non-hydrogen) atoms. The molecule has 0 atom stereocenters. The smallest absolute Gasteiger partial charge is 0.269 e. The first-order chi connectivity index (χ1) is 18.8. The minimum atomic E-state index is -0.442. The van der Waals surface area contributed by atoms with E-state index in [1.807, 2.05) is 27.7 Å². The number of hydrogen-bond donors (Lipinski definition) is 4. The van der Waals surface area contributed by atoms with Gasteiger partial charge in [0.15, 0.2) is 0 Å². The molecule has 0 aliphatic rings. The van der Waals surface area contributed by atoms with Crippen molar-refractivity contribution in [2.75, 3.05) is 10.6 Å². The van der Waals surface area contributed by atoms with E-state index in [9.17, 15) is 30.4 Å². The predicted octanol–water partition coefficient (Wildman–Crippen LogP) is 6.73. The minimum Gasteiger partial charge on any atom is -0.506 e. The molecule has 4 aromatic rings. The van der Waals surface area contributed by atoms with Crippen LogP contribution in [-0.2, 0) is 0 Å². The number of anilines is 4. The highest BCUT2D eigenvalue weighted by Gasteiger charge is 2.13. The third-order valence-corrected chi connectivity index (χ3v) is 6.47. The van der Waals surface area contributed by atoms with E-state index in [-0.39, 0.29) is 22.9 Å². The molecule has 0 saturated carbocycles. The number of nitrogens with zero attached hydrogens (tertiary/aromatic N) is 4. The molecule has 12 nitrogen and oxygen atoms in total. The lowest BCUT2D eigenvalue weighted by Crippen LogP contribution is -2.01. The van der Waals surface area contributed by atoms with Gasteiger partial charge in [0, 0.05) is 35.6 Å². The second-order valence-corrected chi connectivity index (χ2v) is 9.15. The standard InChI is InChI=1S/2C14H15N3O3/c2*1-8-9(2)14(15-10(3)13(8)18)16-11-4-6-12(7-5-11)17(19)20/h2*4-7,18H,1-3H3,(H,15,16). The zero-order chi connectivity index (χ0) is 29.7. The first kappa shape index (κ1) is 29.3. The number of hydrogen-bond acceptors (Lipinski definition) is 10. The molecule has 0 amide bonds. The Morgan fingerprint density at radius 2 is 0.875 bits per heavy atom. The van der Waals surface area contributed by atoms with Gasteiger partial charge in [0.05, 0.1) is 21.2 Å². The lowest BCUT2D eigenvalue weighted by Gasteiger charge is -2.13. The van der Waals surface area contributed by atoms with Crippen LogP contribution in [0.1, 0.15) is 33.6 Å². The molecule has 208 valence electrons. The van der Waals surface area contributed by atoms with Crippen molar-refractivity contribution in [3.8, 4) is 11.5 Å². The van der Waals surface area contributed by atoms with Crippen molar-refractivity contribution in [2.45, 2.75) is 41.5 Å². The fourth-order valence-electron chi connectivity index (χ4n) is 3.71. The molecular weight excluding hydrogens is 516 g/mol. The maximum absolute atomic E-state index is 10.6. The number of aromatic hydroxyl groups is 2. The number of rotatable bonds is 6. The molecule has 2 heterocycles. The summed E-state index contributed by atoms with van der Waals surface area (Å²) in [6.45, 7) is 10.8. The summed E-state index contributed by atoms with van der Waals surface area (Å²) in [5.74, 6) is 1.65. The molecule has 2 aromatic carbocycles. The number of nitro benzene ring substituents is 2. The summed E-state index contributed by atoms with van der Waals surface area (Å²) in [6, 6.07) is 12.2. The van der Waals surface area contributed by atoms with Crippen LogP contribution in [-0.4, -0.2) is 30.0 Å². The zero-order valence-corrected chi connectivity index (χ0v) is 22.9. The molecule has 0 saturated heterocycles. The van der Waals surface area contributed by atoms with Gasteiger partial charge in [0.1, 0.15) is 23.1 Å². The lowest BCUT2D eigenvalue weighted by molar-refractivity contribution is -0.385. The van der Waals surface area contributed by atoms with E-state index >= 15 is 0 Å². The second kappa shape index (κ2) is 12.1. The molecule has 2 aromatic heterocycles. The third-order valence-electron chi connectivity index (χ3n) is 6.47. The molecule has 0 fully saturated rings. The van der Waals surface area contributed by atoms with E-state index in [1.165, 1.54) is 24.3 Å². The summed E-state index contributed by atoms with van der Waals surface area (Å²) in [7, 11) is 0. The van der Waals surface area contributed by atoms with Gasteiger partial charge in [0.2, 0.25) is 0 Å². The fraction of sp³-hybridized carbons (Fsp3) is 0.214. The zero-order valence-electron chi connectivity index (χ0n) is 22.9. The summed E-state index contributed by atoms with van der Waals surface area (Å²) in [5, 5.41) is 47.0. The van der Waals surface area contributed by atoms with Gasteiger partial charge in [-0.3, -0.25) is 20.2 Å². The van der Waals surface area contributed by atoms with E-state index in [1.54, 1.807) is 38.1 Å². The first-order valence-electron chi connectivity index (χ1n) is 12.2. The van der Waals surface area contributed by atoms with E-state index in [0.29, 0.717) is 34.4 Å². The number of aromatic nitrogens is 2. The van der Waals surface area contributed by atoms with Gasteiger partial charge in [-0.15, -0.1) is 0 Å². The van der Waals surface area contributed by atoms with Gasteiger partial charge < -0.3 is 20.8 Å². The van der Waals surface area contributed by atoms with Gasteiger partial charge >= 0.3 is 0 Å². The van der Waals surface area contributed by atoms with Crippen LogP contribution in [0.3, 0.4) is 0 Å². The monoisotopic (exact) mass is 546 g/mol. The number of benzene rings is 2. The number of pyridine rings is 2. The Balaban J connectivity index is 0.000000220. The highest BCUT2D eigenvalue weighted by atomic mass is 16.6. The van der Waals surface area contributed by atoms with Crippen LogP contribution < -0.4 is 10.6 Å². The number of nitro groups is 2. The highest BCUT2D eigenvalue weighted by Crippen LogP contribution is 2.31. The fourth-order valence-corrected chi connectivity index (χ4v) is 3.71. The Kier molecular flexibility index (Phi) is 8.84. The van der Waals surface area contributed by atoms with Crippen LogP contribution in [0.4, 0.5) is 34.4 Å². The summed E-state index contributed by atoms with van der Waals surface area (Å²) < 4.78 is 0. The SMILES string of the molecule is Cc1nc(Nc2ccc([N+](=O)[O-])cc2)c(C)c(C)c1O.Cc1nc(Nc2ccc([N+](=O)[O-])cc2)c(C)c(C)c1O. The van der Waals surface area contributed by atoms with E-state index < -0.39 is 9.85 Å². The van der Waals surface area contributed by atoms with Crippen LogP contribution in [0.5, 0.6) is 11.5 Å². The van der Waals surface area contributed by atoms with Crippen molar-refractivity contribution in [2.24, 2.45) is 0 Å². The average Bonchev–Trinajstić information content (AvgIpc) is 2.93. The Morgan fingerprint density at radius 3 is 1.15 bits per heavy atom. The van der Waals surface area contributed by atoms with Gasteiger partial charge in [-0.1, -0.05) is 0 Å². The lowest BCUT2D eigenvalue weighted by atomic mass is 10.1. The van der Waals surface area contributed by atoms with E-state index in [0.717, 1.165) is 22.3 Å². The van der Waals surface area contributed by atoms with Crippen LogP contribution in [0.2, 0.25) is 0 Å². The van der Waals surface area contributed by atoms with Crippen LogP contribution >= 0.6 is 0 Å². The maximum atomic E-state index is 10.6. The first-order valence-corrected chi connectivity index (χ1v) is 12.2. The molecule has 4 rings (SSSR count). The normalized spacial score (nSPS) is 10.3. The summed E-state index contributed by atoms with van der Waals surface area (Å²) >= 11 is 0. The predicted molar refractivity (Wildman–Crippen MR) is 153 cm³/mol. The van der Waals surface area contributed by atoms with Crippen molar-refractivity contribution in [1.29, 1.82) is 0 Å². The minimum absolute atomic E-state index is 0.0401. The summed E-state index contributed by atoms with van der Waals surface area (Å²) in [6.07, 6.45) is 0. The number of nitrogens with one attached hydrogen (secondary N) is 2. The largest absolute Gasteiger partial charge is 0.506 e. The Bertz CT molecular complexity index is 1450. The molecule has 0 aliphatic carbocycles. The van der Waals surface area contributed by atoms with Gasteiger partial charge in [-0.05, 0) is 88.1 Å². The van der Waals surface area contributed by atoms with Crippen LogP contribution in [0.25, 0.3) is 0 Å². The third kappa shape index (κ3) is 6.59. The molecule has 4 N–H and O–H groups in total. The van der Waals surface area contributed by atoms with Crippen molar-refractivity contribution < 1.29 is 20.1 Å². The molecule has 0 radical (unpaired) electrons. The highest BCUT2D eigenvalue weighted by molar-refractivity contribution is 5.65. The Hall–Kier alpha value is -5.26. The molecule has 0 bridgehead atoms. The van der Waals surface area contributed by atoms with E-state index in [4.69, 9.17) is 0 Å². The Labute approximate surface area is 230 Å². The van der Waals surface area contributed by atoms with Gasteiger partial charge in [-0.2, -0.15) is 0 Å². The van der Waals surface area contributed by atoms with Crippen LogP contribution in [0, 0.1) is 61.8 Å². The quantitative estimate of drug-likeness (QED) is 0.150. The second-order valence-electron chi connectivity index (χ2n) is 9.15. The summed E-state index contributed by atoms with van der Waals surface area (Å²) in [4.78, 5) is 28.9. The van der Waals surface area contributed by atoms with Gasteiger partial charge in [-0.25, -0.2) is 9.97 Å². The molecule has 0 spiro atoms. The summed E-state index contributed by atoms with van der Waals surface area (Å²) in [5.41, 5.74) is 5.78. The molecule has 12 heteroatoms. The van der Waals surface area contributed by atoms with E-state index in [2.05, 4.69) is 20.6 Å². The number of non-ortho nitro benzene ring substituents is 2. The van der Waals surface area contributed by atoms with Crippen molar-refractivity contribution in [3.05, 3.63) is 102 Å². The Morgan fingerprint density at radius 1 is 0.575 bits per heavy atom. The topological polar surface area (TPSA) is 177 Å². The maximum Gasteiger partial charge on any atom is 0.269 e. The molecule has 0 unspecified atom stereocenters. The van der Waals surface area contributed by atoms with Gasteiger partial charge in [0.25, 0.3) is 11.4 Å². The number of aryl methyl sites for hydroxylation is 2.